The van der Waals surface area contributed by atoms with E-state index in [0.717, 1.165) is 12.0 Å². The molecule has 1 aliphatic heterocycles. The van der Waals surface area contributed by atoms with Crippen LogP contribution >= 0.6 is 0 Å². The standard InChI is InChI=1S/C16H23NO2/c1-10(2)17-12(4)8-14-9-13(5-6-15(14)17)7-11(3)16(18)19/h5-6,9-12H,7-8H2,1-4H3,(H,18,19). The maximum absolute atomic E-state index is 10.9. The van der Waals surface area contributed by atoms with Crippen LogP contribution in [0, 0.1) is 5.92 Å². The van der Waals surface area contributed by atoms with E-state index >= 15 is 0 Å². The van der Waals surface area contributed by atoms with E-state index in [4.69, 9.17) is 5.11 Å². The van der Waals surface area contributed by atoms with Gasteiger partial charge in [-0.25, -0.2) is 0 Å². The van der Waals surface area contributed by atoms with E-state index in [1.165, 1.54) is 11.3 Å². The molecule has 1 aliphatic rings. The number of fused-ring (bicyclic) bond motifs is 1. The predicted octanol–water partition coefficient (Wildman–Crippen LogP) is 3.11. The third-order valence-corrected chi connectivity index (χ3v) is 3.93. The Morgan fingerprint density at radius 2 is 2.11 bits per heavy atom. The molecule has 0 spiro atoms. The van der Waals surface area contributed by atoms with Gasteiger partial charge in [0.25, 0.3) is 0 Å². The van der Waals surface area contributed by atoms with Crippen molar-refractivity contribution in [2.75, 3.05) is 4.90 Å². The first-order valence-corrected chi connectivity index (χ1v) is 7.03. The van der Waals surface area contributed by atoms with Crippen LogP contribution in [0.4, 0.5) is 5.69 Å². The zero-order chi connectivity index (χ0) is 14.2. The number of anilines is 1. The summed E-state index contributed by atoms with van der Waals surface area (Å²) in [7, 11) is 0. The normalized spacial score (nSPS) is 19.6. The number of benzene rings is 1. The molecule has 2 rings (SSSR count). The highest BCUT2D eigenvalue weighted by Crippen LogP contribution is 2.34. The zero-order valence-corrected chi connectivity index (χ0v) is 12.2. The first kappa shape index (κ1) is 13.9. The Bertz CT molecular complexity index is 482. The van der Waals surface area contributed by atoms with Crippen LogP contribution in [-0.2, 0) is 17.6 Å². The lowest BCUT2D eigenvalue weighted by molar-refractivity contribution is -0.141. The molecule has 1 heterocycles. The number of carboxylic acid groups (broad SMARTS) is 1. The number of carboxylic acids is 1. The first-order chi connectivity index (χ1) is 8.90. The lowest BCUT2D eigenvalue weighted by atomic mass is 9.98. The number of aliphatic carboxylic acids is 1. The summed E-state index contributed by atoms with van der Waals surface area (Å²) in [5.41, 5.74) is 3.80. The van der Waals surface area contributed by atoms with Crippen molar-refractivity contribution in [2.45, 2.75) is 52.6 Å². The van der Waals surface area contributed by atoms with Crippen molar-refractivity contribution in [1.29, 1.82) is 0 Å². The molecule has 0 amide bonds. The Labute approximate surface area is 115 Å². The van der Waals surface area contributed by atoms with Crippen molar-refractivity contribution >= 4 is 11.7 Å². The van der Waals surface area contributed by atoms with E-state index in [1.54, 1.807) is 6.92 Å². The largest absolute Gasteiger partial charge is 0.481 e. The van der Waals surface area contributed by atoms with Crippen LogP contribution < -0.4 is 4.90 Å². The summed E-state index contributed by atoms with van der Waals surface area (Å²) in [6.45, 7) is 8.44. The SMILES string of the molecule is CC(Cc1ccc2c(c1)CC(C)N2C(C)C)C(=O)O. The van der Waals surface area contributed by atoms with Gasteiger partial charge in [0.05, 0.1) is 5.92 Å². The Kier molecular flexibility index (Phi) is 3.83. The van der Waals surface area contributed by atoms with Crippen LogP contribution in [-0.4, -0.2) is 23.2 Å². The molecule has 0 fully saturated rings. The van der Waals surface area contributed by atoms with Gasteiger partial charge in [-0.3, -0.25) is 4.79 Å². The smallest absolute Gasteiger partial charge is 0.306 e. The van der Waals surface area contributed by atoms with Crippen molar-refractivity contribution in [1.82, 2.24) is 0 Å². The lowest BCUT2D eigenvalue weighted by Gasteiger charge is -2.29. The molecule has 0 radical (unpaired) electrons. The monoisotopic (exact) mass is 261 g/mol. The number of nitrogens with zero attached hydrogens (tertiary/aromatic N) is 1. The molecule has 0 aliphatic carbocycles. The fourth-order valence-electron chi connectivity index (χ4n) is 3.06. The van der Waals surface area contributed by atoms with E-state index in [-0.39, 0.29) is 5.92 Å². The molecule has 0 aromatic heterocycles. The molecule has 1 aromatic rings. The molecule has 3 heteroatoms. The molecule has 3 nitrogen and oxygen atoms in total. The van der Waals surface area contributed by atoms with Crippen LogP contribution in [0.2, 0.25) is 0 Å². The zero-order valence-electron chi connectivity index (χ0n) is 12.2. The van der Waals surface area contributed by atoms with Crippen molar-refractivity contribution < 1.29 is 9.90 Å². The summed E-state index contributed by atoms with van der Waals surface area (Å²) in [5.74, 6) is -1.05. The molecule has 1 aromatic carbocycles. The average molecular weight is 261 g/mol. The minimum atomic E-state index is -0.724. The molecular weight excluding hydrogens is 238 g/mol. The Morgan fingerprint density at radius 1 is 1.42 bits per heavy atom. The molecule has 2 atom stereocenters. The maximum Gasteiger partial charge on any atom is 0.306 e. The molecule has 19 heavy (non-hydrogen) atoms. The Balaban J connectivity index is 2.22. The fraction of sp³-hybridized carbons (Fsp3) is 0.562. The predicted molar refractivity (Wildman–Crippen MR) is 77.7 cm³/mol. The highest BCUT2D eigenvalue weighted by atomic mass is 16.4. The van der Waals surface area contributed by atoms with Crippen LogP contribution in [0.5, 0.6) is 0 Å². The minimum absolute atomic E-state index is 0.321. The van der Waals surface area contributed by atoms with Crippen LogP contribution in [0.3, 0.4) is 0 Å². The van der Waals surface area contributed by atoms with E-state index in [0.29, 0.717) is 18.5 Å². The summed E-state index contributed by atoms with van der Waals surface area (Å²) in [6, 6.07) is 7.45. The molecule has 0 bridgehead atoms. The molecule has 0 saturated heterocycles. The van der Waals surface area contributed by atoms with Crippen LogP contribution in [0.25, 0.3) is 0 Å². The average Bonchev–Trinajstić information content (AvgIpc) is 2.63. The Hall–Kier alpha value is -1.51. The summed E-state index contributed by atoms with van der Waals surface area (Å²) < 4.78 is 0. The Morgan fingerprint density at radius 3 is 2.68 bits per heavy atom. The molecular formula is C16H23NO2. The quantitative estimate of drug-likeness (QED) is 0.905. The van der Waals surface area contributed by atoms with Gasteiger partial charge in [0.1, 0.15) is 0 Å². The third kappa shape index (κ3) is 2.75. The molecule has 104 valence electrons. The van der Waals surface area contributed by atoms with Gasteiger partial charge < -0.3 is 10.0 Å². The second-order valence-corrected chi connectivity index (χ2v) is 5.96. The summed E-state index contributed by atoms with van der Waals surface area (Å²) in [5, 5.41) is 8.99. The fourth-order valence-corrected chi connectivity index (χ4v) is 3.06. The lowest BCUT2D eigenvalue weighted by Crippen LogP contribution is -2.35. The van der Waals surface area contributed by atoms with Gasteiger partial charge in [0.2, 0.25) is 0 Å². The summed E-state index contributed by atoms with van der Waals surface area (Å²) >= 11 is 0. The number of carbonyl (C=O) groups is 1. The highest BCUT2D eigenvalue weighted by molar-refractivity contribution is 5.70. The number of hydrogen-bond acceptors (Lipinski definition) is 2. The van der Waals surface area contributed by atoms with E-state index < -0.39 is 5.97 Å². The topological polar surface area (TPSA) is 40.5 Å². The summed E-state index contributed by atoms with van der Waals surface area (Å²) in [4.78, 5) is 13.4. The van der Waals surface area contributed by atoms with Crippen molar-refractivity contribution in [3.63, 3.8) is 0 Å². The second kappa shape index (κ2) is 5.24. The van der Waals surface area contributed by atoms with Gasteiger partial charge in [0, 0.05) is 17.8 Å². The minimum Gasteiger partial charge on any atom is -0.481 e. The van der Waals surface area contributed by atoms with Crippen molar-refractivity contribution in [3.8, 4) is 0 Å². The van der Waals surface area contributed by atoms with Crippen LogP contribution in [0.15, 0.2) is 18.2 Å². The van der Waals surface area contributed by atoms with E-state index in [2.05, 4.69) is 43.9 Å². The van der Waals surface area contributed by atoms with Gasteiger partial charge in [0.15, 0.2) is 0 Å². The van der Waals surface area contributed by atoms with E-state index in [1.807, 2.05) is 0 Å². The van der Waals surface area contributed by atoms with Gasteiger partial charge in [-0.1, -0.05) is 19.1 Å². The van der Waals surface area contributed by atoms with Gasteiger partial charge in [-0.2, -0.15) is 0 Å². The maximum atomic E-state index is 10.9. The highest BCUT2D eigenvalue weighted by Gasteiger charge is 2.28. The number of rotatable bonds is 4. The molecule has 0 saturated carbocycles. The van der Waals surface area contributed by atoms with Gasteiger partial charge in [-0.15, -0.1) is 0 Å². The van der Waals surface area contributed by atoms with Crippen LogP contribution in [0.1, 0.15) is 38.8 Å². The summed E-state index contributed by atoms with van der Waals surface area (Å²) in [6.07, 6.45) is 1.67. The number of hydrogen-bond donors (Lipinski definition) is 1. The second-order valence-electron chi connectivity index (χ2n) is 5.96. The first-order valence-electron chi connectivity index (χ1n) is 7.03. The van der Waals surface area contributed by atoms with E-state index in [9.17, 15) is 4.79 Å². The van der Waals surface area contributed by atoms with Crippen molar-refractivity contribution in [2.24, 2.45) is 5.92 Å². The molecule has 2 unspecified atom stereocenters. The van der Waals surface area contributed by atoms with Gasteiger partial charge in [-0.05, 0) is 50.8 Å². The third-order valence-electron chi connectivity index (χ3n) is 3.93. The van der Waals surface area contributed by atoms with Gasteiger partial charge >= 0.3 is 5.97 Å². The van der Waals surface area contributed by atoms with Crippen molar-refractivity contribution in [3.05, 3.63) is 29.3 Å². The molecule has 1 N–H and O–H groups in total.